The molecule has 0 radical (unpaired) electrons. The molecule has 0 aromatic carbocycles. The second-order valence-corrected chi connectivity index (χ2v) is 6.50. The first-order chi connectivity index (χ1) is 7.39. The minimum atomic E-state index is -3.01. The van der Waals surface area contributed by atoms with Crippen molar-refractivity contribution in [2.75, 3.05) is 18.9 Å². The third-order valence-corrected chi connectivity index (χ3v) is 4.12. The van der Waals surface area contributed by atoms with Gasteiger partial charge in [-0.15, -0.1) is 0 Å². The highest BCUT2D eigenvalue weighted by Gasteiger charge is 2.16. The van der Waals surface area contributed by atoms with Crippen molar-refractivity contribution in [2.45, 2.75) is 33.1 Å². The van der Waals surface area contributed by atoms with Crippen LogP contribution in [0.5, 0.6) is 0 Å². The smallest absolute Gasteiger partial charge is 0.333 e. The van der Waals surface area contributed by atoms with Crippen molar-refractivity contribution in [3.8, 4) is 0 Å². The van der Waals surface area contributed by atoms with E-state index < -0.39 is 13.3 Å². The van der Waals surface area contributed by atoms with Crippen molar-refractivity contribution in [3.63, 3.8) is 0 Å². The zero-order valence-corrected chi connectivity index (χ0v) is 11.0. The molecule has 0 aliphatic carbocycles. The van der Waals surface area contributed by atoms with Crippen LogP contribution in [0.3, 0.4) is 0 Å². The number of rotatable bonds is 8. The Labute approximate surface area is 97.1 Å². The van der Waals surface area contributed by atoms with Crippen molar-refractivity contribution in [2.24, 2.45) is 0 Å². The number of esters is 1. The Morgan fingerprint density at radius 1 is 1.38 bits per heavy atom. The maximum atomic E-state index is 11.5. The van der Waals surface area contributed by atoms with E-state index in [0.29, 0.717) is 18.2 Å². The summed E-state index contributed by atoms with van der Waals surface area (Å²) in [7, 11) is -3.01. The lowest BCUT2D eigenvalue weighted by Gasteiger charge is -2.10. The minimum Gasteiger partial charge on any atom is -0.462 e. The molecular formula is C11H21O4P. The number of carbonyl (C=O) groups is 1. The molecule has 0 amide bonds. The molecule has 16 heavy (non-hydrogen) atoms. The average Bonchev–Trinajstić information content (AvgIpc) is 2.21. The summed E-state index contributed by atoms with van der Waals surface area (Å²) in [5, 5.41) is 0. The molecule has 0 bridgehead atoms. The van der Waals surface area contributed by atoms with E-state index >= 15 is 0 Å². The van der Waals surface area contributed by atoms with Crippen LogP contribution in [0, 0.1) is 0 Å². The van der Waals surface area contributed by atoms with E-state index in [9.17, 15) is 14.3 Å². The molecule has 0 aromatic heterocycles. The van der Waals surface area contributed by atoms with Crippen LogP contribution in [0.4, 0.5) is 0 Å². The van der Waals surface area contributed by atoms with Gasteiger partial charge in [0.2, 0.25) is 7.37 Å². The van der Waals surface area contributed by atoms with Gasteiger partial charge in [0, 0.05) is 17.9 Å². The molecule has 1 atom stereocenters. The largest absolute Gasteiger partial charge is 0.462 e. The molecule has 0 fully saturated rings. The lowest BCUT2D eigenvalue weighted by atomic mass is 10.4. The summed E-state index contributed by atoms with van der Waals surface area (Å²) in [6.45, 7) is 7.18. The number of carbonyl (C=O) groups excluding carboxylic acids is 1. The lowest BCUT2D eigenvalue weighted by molar-refractivity contribution is -0.138. The summed E-state index contributed by atoms with van der Waals surface area (Å²) in [6.07, 6.45) is 2.68. The van der Waals surface area contributed by atoms with E-state index in [2.05, 4.69) is 6.58 Å². The first-order valence-corrected chi connectivity index (χ1v) is 7.55. The second kappa shape index (κ2) is 7.64. The van der Waals surface area contributed by atoms with Crippen molar-refractivity contribution in [3.05, 3.63) is 12.2 Å². The molecule has 4 nitrogen and oxygen atoms in total. The van der Waals surface area contributed by atoms with Gasteiger partial charge in [-0.1, -0.05) is 19.9 Å². The highest BCUT2D eigenvalue weighted by atomic mass is 31.2. The molecule has 0 aliphatic heterocycles. The molecule has 0 saturated heterocycles. The Bertz CT molecular complexity index is 286. The predicted octanol–water partition coefficient (Wildman–Crippen LogP) is 2.57. The highest BCUT2D eigenvalue weighted by molar-refractivity contribution is 7.57. The van der Waals surface area contributed by atoms with Gasteiger partial charge in [0.25, 0.3) is 0 Å². The molecule has 0 rings (SSSR count). The van der Waals surface area contributed by atoms with E-state index in [-0.39, 0.29) is 12.8 Å². The summed E-state index contributed by atoms with van der Waals surface area (Å²) < 4.78 is 16.4. The summed E-state index contributed by atoms with van der Waals surface area (Å²) in [6, 6.07) is 0. The van der Waals surface area contributed by atoms with Gasteiger partial charge in [-0.25, -0.2) is 4.79 Å². The van der Waals surface area contributed by atoms with Gasteiger partial charge in [0.1, 0.15) is 0 Å². The third-order valence-electron chi connectivity index (χ3n) is 2.09. The van der Waals surface area contributed by atoms with Crippen LogP contribution in [0.25, 0.3) is 0 Å². The Balaban J connectivity index is 3.69. The topological polar surface area (TPSA) is 63.6 Å². The Morgan fingerprint density at radius 2 is 1.94 bits per heavy atom. The van der Waals surface area contributed by atoms with E-state index in [0.717, 1.165) is 12.8 Å². The summed E-state index contributed by atoms with van der Waals surface area (Å²) >= 11 is 0. The minimum absolute atomic E-state index is 0.183. The van der Waals surface area contributed by atoms with Crippen molar-refractivity contribution in [1.82, 2.24) is 0 Å². The fraction of sp³-hybridized carbons (Fsp3) is 0.727. The van der Waals surface area contributed by atoms with Gasteiger partial charge < -0.3 is 9.63 Å². The molecular weight excluding hydrogens is 227 g/mol. The number of hydrogen-bond donors (Lipinski definition) is 1. The predicted molar refractivity (Wildman–Crippen MR) is 64.9 cm³/mol. The SMILES string of the molecule is C=C(C)C(=O)OCCCP(=O)(O)CCCC. The quantitative estimate of drug-likeness (QED) is 0.310. The number of unbranched alkanes of at least 4 members (excludes halogenated alkanes) is 1. The Kier molecular flexibility index (Phi) is 7.35. The number of ether oxygens (including phenoxy) is 1. The normalized spacial score (nSPS) is 14.2. The van der Waals surface area contributed by atoms with Crippen LogP contribution < -0.4 is 0 Å². The molecule has 1 unspecified atom stereocenters. The molecule has 5 heteroatoms. The molecule has 0 aliphatic rings. The van der Waals surface area contributed by atoms with Gasteiger partial charge in [0.15, 0.2) is 0 Å². The van der Waals surface area contributed by atoms with E-state index in [1.165, 1.54) is 0 Å². The van der Waals surface area contributed by atoms with Crippen LogP contribution in [0.2, 0.25) is 0 Å². The van der Waals surface area contributed by atoms with Crippen molar-refractivity contribution >= 4 is 13.3 Å². The Morgan fingerprint density at radius 3 is 2.44 bits per heavy atom. The van der Waals surface area contributed by atoms with Gasteiger partial charge in [0.05, 0.1) is 6.61 Å². The van der Waals surface area contributed by atoms with Crippen LogP contribution in [-0.2, 0) is 14.1 Å². The molecule has 0 heterocycles. The first-order valence-electron chi connectivity index (χ1n) is 5.52. The Hall–Kier alpha value is -0.600. The third kappa shape index (κ3) is 7.66. The molecule has 94 valence electrons. The zero-order chi connectivity index (χ0) is 12.6. The van der Waals surface area contributed by atoms with Gasteiger partial charge in [-0.2, -0.15) is 0 Å². The van der Waals surface area contributed by atoms with Crippen LogP contribution in [0.1, 0.15) is 33.1 Å². The van der Waals surface area contributed by atoms with E-state index in [1.54, 1.807) is 6.92 Å². The van der Waals surface area contributed by atoms with Crippen LogP contribution >= 0.6 is 7.37 Å². The zero-order valence-electron chi connectivity index (χ0n) is 10.1. The first kappa shape index (κ1) is 15.4. The molecule has 0 spiro atoms. The van der Waals surface area contributed by atoms with Crippen molar-refractivity contribution < 1.29 is 19.0 Å². The van der Waals surface area contributed by atoms with Crippen molar-refractivity contribution in [1.29, 1.82) is 0 Å². The monoisotopic (exact) mass is 248 g/mol. The fourth-order valence-electron chi connectivity index (χ4n) is 1.12. The van der Waals surface area contributed by atoms with Crippen LogP contribution in [0.15, 0.2) is 12.2 Å². The average molecular weight is 248 g/mol. The standard InChI is InChI=1S/C11H21O4P/c1-4-5-8-16(13,14)9-6-7-15-11(12)10(2)3/h2,4-9H2,1,3H3,(H,13,14). The second-order valence-electron chi connectivity index (χ2n) is 3.92. The van der Waals surface area contributed by atoms with E-state index in [1.807, 2.05) is 6.92 Å². The summed E-state index contributed by atoms with van der Waals surface area (Å²) in [5.74, 6) is -0.443. The highest BCUT2D eigenvalue weighted by Crippen LogP contribution is 2.41. The maximum Gasteiger partial charge on any atom is 0.333 e. The lowest BCUT2D eigenvalue weighted by Crippen LogP contribution is -2.08. The fourth-order valence-corrected chi connectivity index (χ4v) is 2.77. The van der Waals surface area contributed by atoms with Gasteiger partial charge in [-0.05, 0) is 19.8 Å². The molecule has 1 N–H and O–H groups in total. The number of hydrogen-bond acceptors (Lipinski definition) is 3. The maximum absolute atomic E-state index is 11.5. The van der Waals surface area contributed by atoms with Gasteiger partial charge >= 0.3 is 5.97 Å². The van der Waals surface area contributed by atoms with Gasteiger partial charge in [-0.3, -0.25) is 4.57 Å². The molecule has 0 saturated carbocycles. The molecule has 0 aromatic rings. The van der Waals surface area contributed by atoms with E-state index in [4.69, 9.17) is 4.74 Å². The summed E-state index contributed by atoms with van der Waals surface area (Å²) in [5.41, 5.74) is 0.346. The summed E-state index contributed by atoms with van der Waals surface area (Å²) in [4.78, 5) is 20.5. The van der Waals surface area contributed by atoms with Crippen LogP contribution in [-0.4, -0.2) is 29.8 Å².